The summed E-state index contributed by atoms with van der Waals surface area (Å²) in [5.41, 5.74) is 2.32. The van der Waals surface area contributed by atoms with Crippen molar-refractivity contribution in [1.29, 1.82) is 0 Å². The summed E-state index contributed by atoms with van der Waals surface area (Å²) in [7, 11) is 0. The summed E-state index contributed by atoms with van der Waals surface area (Å²) in [6, 6.07) is 10.4. The highest BCUT2D eigenvalue weighted by Gasteiger charge is 2.25. The monoisotopic (exact) mass is 389 g/mol. The molecule has 4 rings (SSSR count). The van der Waals surface area contributed by atoms with Gasteiger partial charge in [-0.15, -0.1) is 5.10 Å². The first-order valence-corrected chi connectivity index (χ1v) is 10.8. The number of rotatable bonds is 3. The van der Waals surface area contributed by atoms with Crippen molar-refractivity contribution in [3.63, 3.8) is 0 Å². The molecule has 122 valence electrons. The zero-order valence-electron chi connectivity index (χ0n) is 13.2. The van der Waals surface area contributed by atoms with Gasteiger partial charge in [0.15, 0.2) is 0 Å². The molecule has 0 aliphatic carbocycles. The highest BCUT2D eigenvalue weighted by atomic mass is 32.2. The van der Waals surface area contributed by atoms with Gasteiger partial charge in [-0.05, 0) is 34.6 Å². The molecule has 0 saturated heterocycles. The van der Waals surface area contributed by atoms with Crippen molar-refractivity contribution in [3.05, 3.63) is 71.5 Å². The maximum Gasteiger partial charge on any atom is 0.0962 e. The van der Waals surface area contributed by atoms with Crippen molar-refractivity contribution in [1.82, 2.24) is 15.0 Å². The normalized spacial score (nSPS) is 17.8. The molecule has 0 saturated carbocycles. The molecule has 0 unspecified atom stereocenters. The highest BCUT2D eigenvalue weighted by Crippen LogP contribution is 2.59. The SMILES string of the molecule is CC1=C(C)SC(=C2SC=C(c3cnnn3Cc3ccccc3)S2)S1. The van der Waals surface area contributed by atoms with Crippen LogP contribution in [0.5, 0.6) is 0 Å². The molecule has 1 aromatic carbocycles. The van der Waals surface area contributed by atoms with Crippen LogP contribution in [0.15, 0.2) is 60.2 Å². The number of allylic oxidation sites excluding steroid dienone is 2. The molecular weight excluding hydrogens is 374 g/mol. The van der Waals surface area contributed by atoms with E-state index in [0.717, 1.165) is 12.2 Å². The lowest BCUT2D eigenvalue weighted by molar-refractivity contribution is 0.644. The first-order valence-electron chi connectivity index (χ1n) is 7.45. The minimum absolute atomic E-state index is 0.744. The number of hydrogen-bond donors (Lipinski definition) is 0. The van der Waals surface area contributed by atoms with Gasteiger partial charge in [-0.1, -0.05) is 82.6 Å². The molecule has 0 radical (unpaired) electrons. The maximum absolute atomic E-state index is 4.27. The Morgan fingerprint density at radius 2 is 1.71 bits per heavy atom. The van der Waals surface area contributed by atoms with E-state index in [1.165, 1.54) is 28.8 Å². The minimum atomic E-state index is 0.744. The van der Waals surface area contributed by atoms with Gasteiger partial charge in [0.2, 0.25) is 0 Å². The molecule has 0 amide bonds. The molecule has 0 N–H and O–H groups in total. The van der Waals surface area contributed by atoms with Gasteiger partial charge in [-0.3, -0.25) is 0 Å². The Bertz CT molecular complexity index is 849. The van der Waals surface area contributed by atoms with Crippen molar-refractivity contribution in [2.75, 3.05) is 0 Å². The largest absolute Gasteiger partial charge is 0.240 e. The lowest BCUT2D eigenvalue weighted by atomic mass is 10.2. The molecule has 0 fully saturated rings. The van der Waals surface area contributed by atoms with E-state index in [-0.39, 0.29) is 0 Å². The van der Waals surface area contributed by atoms with E-state index < -0.39 is 0 Å². The van der Waals surface area contributed by atoms with Gasteiger partial charge < -0.3 is 0 Å². The maximum atomic E-state index is 4.27. The second-order valence-electron chi connectivity index (χ2n) is 5.36. The van der Waals surface area contributed by atoms with Gasteiger partial charge in [0, 0.05) is 4.91 Å². The fraction of sp³-hybridized carbons (Fsp3) is 0.176. The highest BCUT2D eigenvalue weighted by molar-refractivity contribution is 8.35. The van der Waals surface area contributed by atoms with Crippen molar-refractivity contribution in [3.8, 4) is 0 Å². The summed E-state index contributed by atoms with van der Waals surface area (Å²) in [6.45, 7) is 5.13. The van der Waals surface area contributed by atoms with E-state index in [9.17, 15) is 0 Å². The summed E-state index contributed by atoms with van der Waals surface area (Å²) in [5.74, 6) is 0. The second-order valence-corrected chi connectivity index (χ2v) is 10.3. The Morgan fingerprint density at radius 3 is 2.46 bits per heavy atom. The van der Waals surface area contributed by atoms with Crippen molar-refractivity contribution >= 4 is 52.0 Å². The van der Waals surface area contributed by atoms with Crippen LogP contribution in [-0.2, 0) is 6.54 Å². The number of nitrogens with zero attached hydrogens (tertiary/aromatic N) is 3. The third-order valence-corrected chi connectivity index (χ3v) is 9.22. The second kappa shape index (κ2) is 7.07. The van der Waals surface area contributed by atoms with Crippen LogP contribution in [0.1, 0.15) is 25.1 Å². The smallest absolute Gasteiger partial charge is 0.0962 e. The Hall–Kier alpha value is -1.02. The van der Waals surface area contributed by atoms with E-state index in [0.29, 0.717) is 0 Å². The lowest BCUT2D eigenvalue weighted by Crippen LogP contribution is -2.05. The first kappa shape index (κ1) is 16.4. The van der Waals surface area contributed by atoms with Gasteiger partial charge in [-0.2, -0.15) is 0 Å². The third-order valence-electron chi connectivity index (χ3n) is 3.68. The van der Waals surface area contributed by atoms with Crippen molar-refractivity contribution < 1.29 is 0 Å². The topological polar surface area (TPSA) is 30.7 Å². The first-order chi connectivity index (χ1) is 11.7. The van der Waals surface area contributed by atoms with E-state index >= 15 is 0 Å². The fourth-order valence-electron chi connectivity index (χ4n) is 2.31. The number of aromatic nitrogens is 3. The summed E-state index contributed by atoms with van der Waals surface area (Å²) in [5, 5.41) is 10.6. The Labute approximate surface area is 158 Å². The Morgan fingerprint density at radius 1 is 0.958 bits per heavy atom. The molecule has 3 nitrogen and oxygen atoms in total. The summed E-state index contributed by atoms with van der Waals surface area (Å²) in [4.78, 5) is 4.05. The molecule has 1 aromatic heterocycles. The van der Waals surface area contributed by atoms with E-state index in [4.69, 9.17) is 0 Å². The van der Waals surface area contributed by atoms with Crippen LogP contribution >= 0.6 is 47.0 Å². The zero-order chi connectivity index (χ0) is 16.5. The number of benzene rings is 1. The van der Waals surface area contributed by atoms with E-state index in [1.807, 2.05) is 64.0 Å². The minimum Gasteiger partial charge on any atom is -0.240 e. The molecule has 0 bridgehead atoms. The van der Waals surface area contributed by atoms with Crippen LogP contribution in [0.25, 0.3) is 4.91 Å². The van der Waals surface area contributed by atoms with E-state index in [1.54, 1.807) is 0 Å². The quantitative estimate of drug-likeness (QED) is 0.643. The summed E-state index contributed by atoms with van der Waals surface area (Å²) in [6.07, 6.45) is 1.86. The predicted octanol–water partition coefficient (Wildman–Crippen LogP) is 5.96. The molecular formula is C17H15N3S4. The van der Waals surface area contributed by atoms with Crippen molar-refractivity contribution in [2.45, 2.75) is 20.4 Å². The van der Waals surface area contributed by atoms with Crippen molar-refractivity contribution in [2.24, 2.45) is 0 Å². The van der Waals surface area contributed by atoms with Gasteiger partial charge in [0.1, 0.15) is 0 Å². The lowest BCUT2D eigenvalue weighted by Gasteiger charge is -2.07. The summed E-state index contributed by atoms with van der Waals surface area (Å²) < 4.78 is 4.74. The zero-order valence-corrected chi connectivity index (χ0v) is 16.5. The fourth-order valence-corrected chi connectivity index (χ4v) is 7.44. The Balaban J connectivity index is 1.53. The molecule has 3 heterocycles. The van der Waals surface area contributed by atoms with Gasteiger partial charge in [0.05, 0.1) is 26.9 Å². The van der Waals surface area contributed by atoms with Crippen LogP contribution in [-0.4, -0.2) is 15.0 Å². The number of thioether (sulfide) groups is 4. The molecule has 2 aliphatic heterocycles. The van der Waals surface area contributed by atoms with Crippen LogP contribution in [0, 0.1) is 0 Å². The standard InChI is InChI=1S/C17H15N3S4/c1-11-12(2)23-17(22-11)16-21-10-15(24-16)14-8-18-19-20(14)9-13-6-4-3-5-7-13/h3-8,10H,9H2,1-2H3. The van der Waals surface area contributed by atoms with Gasteiger partial charge in [-0.25, -0.2) is 4.68 Å². The molecule has 2 aliphatic rings. The average molecular weight is 390 g/mol. The average Bonchev–Trinajstić information content (AvgIpc) is 3.29. The number of hydrogen-bond acceptors (Lipinski definition) is 6. The van der Waals surface area contributed by atoms with Crippen LogP contribution in [0.3, 0.4) is 0 Å². The van der Waals surface area contributed by atoms with Gasteiger partial charge in [0.25, 0.3) is 0 Å². The third kappa shape index (κ3) is 3.35. The van der Waals surface area contributed by atoms with Gasteiger partial charge >= 0.3 is 0 Å². The summed E-state index contributed by atoms with van der Waals surface area (Å²) >= 11 is 7.41. The molecule has 7 heteroatoms. The Kier molecular flexibility index (Phi) is 4.85. The molecule has 0 spiro atoms. The van der Waals surface area contributed by atoms with E-state index in [2.05, 4.69) is 53.8 Å². The van der Waals surface area contributed by atoms with Crippen LogP contribution in [0.2, 0.25) is 0 Å². The molecule has 24 heavy (non-hydrogen) atoms. The van der Waals surface area contributed by atoms with Crippen LogP contribution < -0.4 is 0 Å². The predicted molar refractivity (Wildman–Crippen MR) is 109 cm³/mol. The molecule has 2 aromatic rings. The van der Waals surface area contributed by atoms with Crippen LogP contribution in [0.4, 0.5) is 0 Å². The molecule has 0 atom stereocenters.